The minimum Gasteiger partial charge on any atom is -0.385 e. The van der Waals surface area contributed by atoms with Crippen LogP contribution in [-0.4, -0.2) is 11.0 Å². The molecule has 1 unspecified atom stereocenters. The molecule has 3 nitrogen and oxygen atoms in total. The molecule has 1 amide bonds. The van der Waals surface area contributed by atoms with Crippen LogP contribution < -0.4 is 5.32 Å². The highest BCUT2D eigenvalue weighted by molar-refractivity contribution is 5.92. The van der Waals surface area contributed by atoms with Crippen LogP contribution in [0.25, 0.3) is 0 Å². The predicted molar refractivity (Wildman–Crippen MR) is 89.8 cm³/mol. The lowest BCUT2D eigenvalue weighted by Gasteiger charge is -2.23. The number of hydrogen-bond acceptors (Lipinski definition) is 2. The number of rotatable bonds is 5. The molecule has 1 atom stereocenters. The van der Waals surface area contributed by atoms with Crippen LogP contribution in [0.5, 0.6) is 0 Å². The van der Waals surface area contributed by atoms with Crippen LogP contribution in [0.2, 0.25) is 0 Å². The third-order valence-corrected chi connectivity index (χ3v) is 3.76. The van der Waals surface area contributed by atoms with Crippen molar-refractivity contribution in [1.29, 1.82) is 0 Å². The highest BCUT2D eigenvalue weighted by Gasteiger charge is 2.26. The molecule has 2 aromatic carbocycles. The van der Waals surface area contributed by atoms with Gasteiger partial charge in [-0.2, -0.15) is 0 Å². The predicted octanol–water partition coefficient (Wildman–Crippen LogP) is 4.05. The summed E-state index contributed by atoms with van der Waals surface area (Å²) in [7, 11) is 0. The van der Waals surface area contributed by atoms with Gasteiger partial charge in [0.1, 0.15) is 0 Å². The summed E-state index contributed by atoms with van der Waals surface area (Å²) in [4.78, 5) is 12.3. The van der Waals surface area contributed by atoms with Gasteiger partial charge in [-0.05, 0) is 30.0 Å². The average molecular weight is 297 g/mol. The Hall–Kier alpha value is -2.13. The van der Waals surface area contributed by atoms with Crippen molar-refractivity contribution in [3.63, 3.8) is 0 Å². The van der Waals surface area contributed by atoms with E-state index in [1.165, 1.54) is 0 Å². The van der Waals surface area contributed by atoms with Crippen molar-refractivity contribution in [3.8, 4) is 0 Å². The van der Waals surface area contributed by atoms with Crippen molar-refractivity contribution in [3.05, 3.63) is 65.7 Å². The Morgan fingerprint density at radius 2 is 1.68 bits per heavy atom. The summed E-state index contributed by atoms with van der Waals surface area (Å²) in [5, 5.41) is 13.5. The molecule has 0 aliphatic carbocycles. The number of carbonyl (C=O) groups excluding carboxylic acids is 1. The maximum atomic E-state index is 12.3. The van der Waals surface area contributed by atoms with Gasteiger partial charge in [0.05, 0.1) is 12.0 Å². The molecule has 2 rings (SSSR count). The van der Waals surface area contributed by atoms with Gasteiger partial charge in [0.2, 0.25) is 5.91 Å². The first kappa shape index (κ1) is 16.2. The van der Waals surface area contributed by atoms with Gasteiger partial charge in [0, 0.05) is 5.69 Å². The van der Waals surface area contributed by atoms with Gasteiger partial charge in [0.25, 0.3) is 0 Å². The van der Waals surface area contributed by atoms with E-state index in [2.05, 4.69) is 19.2 Å². The molecule has 22 heavy (non-hydrogen) atoms. The second kappa shape index (κ2) is 6.75. The van der Waals surface area contributed by atoms with Crippen molar-refractivity contribution in [2.24, 2.45) is 0 Å². The first-order valence-electron chi connectivity index (χ1n) is 7.57. The maximum Gasteiger partial charge on any atom is 0.227 e. The summed E-state index contributed by atoms with van der Waals surface area (Å²) < 4.78 is 0. The summed E-state index contributed by atoms with van der Waals surface area (Å²) in [6.07, 6.45) is 0.0173. The smallest absolute Gasteiger partial charge is 0.227 e. The highest BCUT2D eigenvalue weighted by Crippen LogP contribution is 2.27. The van der Waals surface area contributed by atoms with Crippen molar-refractivity contribution >= 4 is 11.6 Å². The molecule has 0 aliphatic heterocycles. The Kier molecular flexibility index (Phi) is 4.99. The number of hydrogen-bond donors (Lipinski definition) is 2. The van der Waals surface area contributed by atoms with Crippen molar-refractivity contribution in [2.75, 3.05) is 5.32 Å². The van der Waals surface area contributed by atoms with Crippen LogP contribution in [-0.2, 0) is 10.4 Å². The zero-order chi connectivity index (χ0) is 16.2. The van der Waals surface area contributed by atoms with E-state index in [1.54, 1.807) is 6.92 Å². The minimum absolute atomic E-state index is 0.0173. The fraction of sp³-hybridized carbons (Fsp3) is 0.316. The molecule has 116 valence electrons. The van der Waals surface area contributed by atoms with Gasteiger partial charge < -0.3 is 10.4 Å². The molecule has 3 heteroatoms. The van der Waals surface area contributed by atoms with E-state index in [1.807, 2.05) is 54.6 Å². The summed E-state index contributed by atoms with van der Waals surface area (Å²) in [6.45, 7) is 5.84. The number of anilines is 1. The lowest BCUT2D eigenvalue weighted by atomic mass is 9.92. The standard InChI is InChI=1S/C19H23NO2/c1-14(2)16-11-7-8-12-17(16)20-18(21)13-19(3,22)15-9-5-4-6-10-15/h4-12,14,22H,13H2,1-3H3,(H,20,21). The fourth-order valence-corrected chi connectivity index (χ4v) is 2.52. The summed E-state index contributed by atoms with van der Waals surface area (Å²) in [6, 6.07) is 17.0. The zero-order valence-electron chi connectivity index (χ0n) is 13.3. The number of para-hydroxylation sites is 1. The second-order valence-corrected chi connectivity index (χ2v) is 6.11. The van der Waals surface area contributed by atoms with E-state index in [4.69, 9.17) is 0 Å². The van der Waals surface area contributed by atoms with Crippen molar-refractivity contribution < 1.29 is 9.90 Å². The van der Waals surface area contributed by atoms with Gasteiger partial charge in [-0.3, -0.25) is 4.79 Å². The number of amides is 1. The molecule has 0 aliphatic rings. The van der Waals surface area contributed by atoms with Gasteiger partial charge in [-0.15, -0.1) is 0 Å². The molecule has 2 aromatic rings. The number of carbonyl (C=O) groups is 1. The maximum absolute atomic E-state index is 12.3. The second-order valence-electron chi connectivity index (χ2n) is 6.11. The molecule has 0 bridgehead atoms. The highest BCUT2D eigenvalue weighted by atomic mass is 16.3. The van der Waals surface area contributed by atoms with Crippen LogP contribution in [0.15, 0.2) is 54.6 Å². The molecule has 0 fully saturated rings. The van der Waals surface area contributed by atoms with E-state index in [9.17, 15) is 9.90 Å². The van der Waals surface area contributed by atoms with Crippen LogP contribution in [0.1, 0.15) is 44.2 Å². The molecule has 0 spiro atoms. The Morgan fingerprint density at radius 1 is 1.09 bits per heavy atom. The molecule has 0 saturated heterocycles. The van der Waals surface area contributed by atoms with Crippen LogP contribution in [0.4, 0.5) is 5.69 Å². The molecule has 0 radical (unpaired) electrons. The summed E-state index contributed by atoms with van der Waals surface area (Å²) in [5.74, 6) is 0.132. The van der Waals surface area contributed by atoms with Crippen molar-refractivity contribution in [1.82, 2.24) is 0 Å². The van der Waals surface area contributed by atoms with E-state index in [0.717, 1.165) is 16.8 Å². The zero-order valence-corrected chi connectivity index (χ0v) is 13.3. The molecule has 0 heterocycles. The van der Waals surface area contributed by atoms with Crippen molar-refractivity contribution in [2.45, 2.75) is 38.7 Å². The van der Waals surface area contributed by atoms with Gasteiger partial charge in [-0.25, -0.2) is 0 Å². The van der Waals surface area contributed by atoms with Crippen LogP contribution in [0, 0.1) is 0 Å². The Labute approximate surface area is 132 Å². The Morgan fingerprint density at radius 3 is 2.32 bits per heavy atom. The molecular formula is C19H23NO2. The van der Waals surface area contributed by atoms with Crippen LogP contribution in [0.3, 0.4) is 0 Å². The van der Waals surface area contributed by atoms with Crippen LogP contribution >= 0.6 is 0 Å². The molecule has 0 saturated carbocycles. The Balaban J connectivity index is 2.11. The third-order valence-electron chi connectivity index (χ3n) is 3.76. The van der Waals surface area contributed by atoms with Gasteiger partial charge in [0.15, 0.2) is 0 Å². The molecular weight excluding hydrogens is 274 g/mol. The Bertz CT molecular complexity index is 633. The normalized spacial score (nSPS) is 13.7. The third kappa shape index (κ3) is 3.95. The van der Waals surface area contributed by atoms with E-state index >= 15 is 0 Å². The van der Waals surface area contributed by atoms with E-state index < -0.39 is 5.60 Å². The SMILES string of the molecule is CC(C)c1ccccc1NC(=O)CC(C)(O)c1ccccc1. The lowest BCUT2D eigenvalue weighted by molar-refractivity contribution is -0.120. The molecule has 2 N–H and O–H groups in total. The summed E-state index contributed by atoms with van der Waals surface area (Å²) >= 11 is 0. The number of aliphatic hydroxyl groups is 1. The molecule has 0 aromatic heterocycles. The van der Waals surface area contributed by atoms with E-state index in [0.29, 0.717) is 5.92 Å². The quantitative estimate of drug-likeness (QED) is 0.875. The lowest BCUT2D eigenvalue weighted by Crippen LogP contribution is -2.28. The first-order chi connectivity index (χ1) is 10.4. The number of benzene rings is 2. The largest absolute Gasteiger partial charge is 0.385 e. The van der Waals surface area contributed by atoms with Gasteiger partial charge >= 0.3 is 0 Å². The monoisotopic (exact) mass is 297 g/mol. The van der Waals surface area contributed by atoms with Gasteiger partial charge in [-0.1, -0.05) is 62.4 Å². The summed E-state index contributed by atoms with van der Waals surface area (Å²) in [5.41, 5.74) is 1.46. The minimum atomic E-state index is -1.18. The average Bonchev–Trinajstić information content (AvgIpc) is 2.48. The van der Waals surface area contributed by atoms with E-state index in [-0.39, 0.29) is 12.3 Å². The topological polar surface area (TPSA) is 49.3 Å². The first-order valence-corrected chi connectivity index (χ1v) is 7.57. The fourth-order valence-electron chi connectivity index (χ4n) is 2.52. The number of nitrogens with one attached hydrogen (secondary N) is 1.